The fourth-order valence-corrected chi connectivity index (χ4v) is 3.50. The highest BCUT2D eigenvalue weighted by Gasteiger charge is 2.20. The summed E-state index contributed by atoms with van der Waals surface area (Å²) < 4.78 is 0. The van der Waals surface area contributed by atoms with Crippen LogP contribution in [0.4, 0.5) is 5.69 Å². The molecule has 12 nitrogen and oxygen atoms in total. The SMILES string of the molecule is O=CC(=O)CN1CCN(CC(=O)O)CCN(CC(=O)NCCc2ccc([N+](=O)[O-])cc2)CC1. The number of benzene rings is 1. The molecule has 0 unspecified atom stereocenters. The predicted octanol–water partition coefficient (Wildman–Crippen LogP) is -0.974. The molecular formula is C21H29N5O7. The molecule has 1 aliphatic heterocycles. The molecule has 1 heterocycles. The van der Waals surface area contributed by atoms with Crippen LogP contribution in [0.3, 0.4) is 0 Å². The van der Waals surface area contributed by atoms with Crippen LogP contribution in [0.1, 0.15) is 5.56 Å². The Morgan fingerprint density at radius 1 is 0.939 bits per heavy atom. The van der Waals surface area contributed by atoms with E-state index >= 15 is 0 Å². The van der Waals surface area contributed by atoms with Gasteiger partial charge in [0.05, 0.1) is 24.6 Å². The summed E-state index contributed by atoms with van der Waals surface area (Å²) in [7, 11) is 0. The molecule has 0 spiro atoms. The van der Waals surface area contributed by atoms with Gasteiger partial charge in [0, 0.05) is 57.9 Å². The number of nitro benzene ring substituents is 1. The molecule has 0 atom stereocenters. The Morgan fingerprint density at radius 2 is 1.45 bits per heavy atom. The van der Waals surface area contributed by atoms with Crippen LogP contribution in [0.2, 0.25) is 0 Å². The van der Waals surface area contributed by atoms with Crippen molar-refractivity contribution in [3.63, 3.8) is 0 Å². The van der Waals surface area contributed by atoms with Gasteiger partial charge in [-0.25, -0.2) is 0 Å². The molecule has 0 aromatic heterocycles. The summed E-state index contributed by atoms with van der Waals surface area (Å²) in [5.74, 6) is -1.70. The van der Waals surface area contributed by atoms with Crippen LogP contribution >= 0.6 is 0 Å². The molecule has 180 valence electrons. The quantitative estimate of drug-likeness (QED) is 0.181. The number of hydrogen-bond acceptors (Lipinski definition) is 9. The summed E-state index contributed by atoms with van der Waals surface area (Å²) in [4.78, 5) is 61.5. The van der Waals surface area contributed by atoms with E-state index in [1.54, 1.807) is 21.9 Å². The van der Waals surface area contributed by atoms with Crippen molar-refractivity contribution < 1.29 is 29.2 Å². The van der Waals surface area contributed by atoms with Crippen molar-refractivity contribution in [3.05, 3.63) is 39.9 Å². The lowest BCUT2D eigenvalue weighted by Crippen LogP contribution is -2.43. The van der Waals surface area contributed by atoms with Gasteiger partial charge in [-0.15, -0.1) is 0 Å². The van der Waals surface area contributed by atoms with Crippen molar-refractivity contribution >= 4 is 29.6 Å². The van der Waals surface area contributed by atoms with Gasteiger partial charge in [-0.3, -0.25) is 44.0 Å². The largest absolute Gasteiger partial charge is 0.480 e. The Morgan fingerprint density at radius 3 is 1.94 bits per heavy atom. The number of ketones is 1. The Hall–Kier alpha value is -3.22. The molecule has 1 fully saturated rings. The summed E-state index contributed by atoms with van der Waals surface area (Å²) >= 11 is 0. The van der Waals surface area contributed by atoms with Crippen LogP contribution in [0.15, 0.2) is 24.3 Å². The molecule has 1 amide bonds. The van der Waals surface area contributed by atoms with Gasteiger partial charge in [-0.1, -0.05) is 12.1 Å². The van der Waals surface area contributed by atoms with Gasteiger partial charge in [0.15, 0.2) is 6.29 Å². The number of carbonyl (C=O) groups excluding carboxylic acids is 3. The van der Waals surface area contributed by atoms with E-state index in [4.69, 9.17) is 5.11 Å². The monoisotopic (exact) mass is 463 g/mol. The highest BCUT2D eigenvalue weighted by Crippen LogP contribution is 2.12. The first-order valence-corrected chi connectivity index (χ1v) is 10.6. The number of carbonyl (C=O) groups is 4. The third-order valence-corrected chi connectivity index (χ3v) is 5.32. The number of aliphatic carboxylic acids is 1. The highest BCUT2D eigenvalue weighted by atomic mass is 16.6. The molecule has 33 heavy (non-hydrogen) atoms. The van der Waals surface area contributed by atoms with Crippen LogP contribution in [0, 0.1) is 10.1 Å². The zero-order chi connectivity index (χ0) is 24.2. The number of carboxylic acids is 1. The van der Waals surface area contributed by atoms with Crippen LogP contribution in [-0.2, 0) is 25.6 Å². The predicted molar refractivity (Wildman–Crippen MR) is 118 cm³/mol. The second kappa shape index (κ2) is 13.4. The summed E-state index contributed by atoms with van der Waals surface area (Å²) in [5.41, 5.74) is 0.875. The van der Waals surface area contributed by atoms with E-state index in [0.717, 1.165) is 5.56 Å². The van der Waals surface area contributed by atoms with Gasteiger partial charge >= 0.3 is 5.97 Å². The lowest BCUT2D eigenvalue weighted by atomic mass is 10.1. The second-order valence-electron chi connectivity index (χ2n) is 7.83. The molecule has 0 bridgehead atoms. The minimum absolute atomic E-state index is 0.0108. The van der Waals surface area contributed by atoms with E-state index in [0.29, 0.717) is 52.2 Å². The van der Waals surface area contributed by atoms with E-state index in [1.807, 2.05) is 4.90 Å². The maximum atomic E-state index is 12.4. The molecule has 12 heteroatoms. The molecule has 0 saturated carbocycles. The normalized spacial score (nSPS) is 16.2. The molecule has 2 rings (SSSR count). The van der Waals surface area contributed by atoms with E-state index in [-0.39, 0.29) is 37.5 Å². The standard InChI is InChI=1S/C21H29N5O7/c27-16-19(28)13-23-7-9-24(10-12-25(11-8-23)15-21(30)31)14-20(29)22-6-5-17-1-3-18(4-2-17)26(32)33/h1-4,16H,5-15H2,(H,22,29)(H,30,31). The first-order valence-electron chi connectivity index (χ1n) is 10.6. The van der Waals surface area contributed by atoms with E-state index in [1.165, 1.54) is 12.1 Å². The summed E-state index contributed by atoms with van der Waals surface area (Å²) in [6.07, 6.45) is 0.801. The number of rotatable bonds is 11. The summed E-state index contributed by atoms with van der Waals surface area (Å²) in [6, 6.07) is 6.14. The van der Waals surface area contributed by atoms with Gasteiger partial charge in [0.2, 0.25) is 11.7 Å². The smallest absolute Gasteiger partial charge is 0.317 e. The molecule has 1 aromatic rings. The highest BCUT2D eigenvalue weighted by molar-refractivity contribution is 6.25. The number of nitro groups is 1. The van der Waals surface area contributed by atoms with E-state index in [2.05, 4.69) is 5.32 Å². The first kappa shape index (κ1) is 26.0. The lowest BCUT2D eigenvalue weighted by Gasteiger charge is -2.24. The van der Waals surface area contributed by atoms with Crippen LogP contribution in [0.25, 0.3) is 0 Å². The molecule has 1 aromatic carbocycles. The first-order chi connectivity index (χ1) is 15.8. The van der Waals surface area contributed by atoms with Crippen molar-refractivity contribution in [1.29, 1.82) is 0 Å². The van der Waals surface area contributed by atoms with Gasteiger partial charge in [0.25, 0.3) is 5.69 Å². The second-order valence-corrected chi connectivity index (χ2v) is 7.83. The number of non-ortho nitro benzene ring substituents is 1. The maximum absolute atomic E-state index is 12.4. The van der Waals surface area contributed by atoms with Gasteiger partial charge in [-0.05, 0) is 12.0 Å². The fraction of sp³-hybridized carbons (Fsp3) is 0.524. The topological polar surface area (TPSA) is 153 Å². The molecular weight excluding hydrogens is 434 g/mol. The van der Waals surface area contributed by atoms with Gasteiger partial charge < -0.3 is 10.4 Å². The number of nitrogens with one attached hydrogen (secondary N) is 1. The molecule has 1 saturated heterocycles. The Kier molecular flexibility index (Phi) is 10.5. The van der Waals surface area contributed by atoms with Crippen LogP contribution < -0.4 is 5.32 Å². The van der Waals surface area contributed by atoms with Crippen molar-refractivity contribution in [2.75, 3.05) is 65.4 Å². The molecule has 1 aliphatic rings. The number of Topliss-reactive ketones (excluding diaryl/α,β-unsaturated/α-hetero) is 1. The third kappa shape index (κ3) is 9.85. The third-order valence-electron chi connectivity index (χ3n) is 5.32. The molecule has 0 radical (unpaired) electrons. The number of amides is 1. The number of nitrogens with zero attached hydrogens (tertiary/aromatic N) is 4. The molecule has 0 aliphatic carbocycles. The van der Waals surface area contributed by atoms with Crippen LogP contribution in [0.5, 0.6) is 0 Å². The van der Waals surface area contributed by atoms with E-state index < -0.39 is 16.7 Å². The van der Waals surface area contributed by atoms with Gasteiger partial charge in [0.1, 0.15) is 0 Å². The van der Waals surface area contributed by atoms with Gasteiger partial charge in [-0.2, -0.15) is 0 Å². The number of aldehydes is 1. The van der Waals surface area contributed by atoms with Crippen molar-refractivity contribution in [3.8, 4) is 0 Å². The lowest BCUT2D eigenvalue weighted by molar-refractivity contribution is -0.384. The Labute approximate surface area is 191 Å². The Bertz CT molecular complexity index is 846. The average molecular weight is 463 g/mol. The number of carboxylic acid groups (broad SMARTS) is 1. The Balaban J connectivity index is 1.87. The number of hydrogen-bond donors (Lipinski definition) is 2. The summed E-state index contributed by atoms with van der Waals surface area (Å²) in [6.45, 7) is 3.07. The van der Waals surface area contributed by atoms with Crippen LogP contribution in [-0.4, -0.2) is 114 Å². The average Bonchev–Trinajstić information content (AvgIpc) is 2.86. The van der Waals surface area contributed by atoms with Crippen molar-refractivity contribution in [2.24, 2.45) is 0 Å². The van der Waals surface area contributed by atoms with Crippen molar-refractivity contribution in [2.45, 2.75) is 6.42 Å². The zero-order valence-electron chi connectivity index (χ0n) is 18.4. The maximum Gasteiger partial charge on any atom is 0.317 e. The zero-order valence-corrected chi connectivity index (χ0v) is 18.4. The fourth-order valence-electron chi connectivity index (χ4n) is 3.50. The van der Waals surface area contributed by atoms with Crippen molar-refractivity contribution in [1.82, 2.24) is 20.0 Å². The minimum atomic E-state index is -0.958. The summed E-state index contributed by atoms with van der Waals surface area (Å²) in [5, 5.41) is 22.7. The minimum Gasteiger partial charge on any atom is -0.480 e. The molecule has 2 N–H and O–H groups in total. The van der Waals surface area contributed by atoms with E-state index in [9.17, 15) is 29.3 Å².